The monoisotopic (exact) mass is 257 g/mol. The Labute approximate surface area is 113 Å². The molecule has 0 unspecified atom stereocenters. The first-order valence-electron chi connectivity index (χ1n) is 6.70. The Morgan fingerprint density at radius 3 is 2.47 bits per heavy atom. The third-order valence-electron chi connectivity index (χ3n) is 3.73. The summed E-state index contributed by atoms with van der Waals surface area (Å²) < 4.78 is 0. The molecule has 1 fully saturated rings. The Morgan fingerprint density at radius 2 is 1.89 bits per heavy atom. The zero-order valence-corrected chi connectivity index (χ0v) is 11.0. The second kappa shape index (κ2) is 5.85. The Bertz CT molecular complexity index is 481. The van der Waals surface area contributed by atoms with Crippen molar-refractivity contribution in [2.75, 3.05) is 6.54 Å². The van der Waals surface area contributed by atoms with Gasteiger partial charge in [0.05, 0.1) is 11.6 Å². The largest absolute Gasteiger partial charge is 0.350 e. The van der Waals surface area contributed by atoms with E-state index in [1.54, 1.807) is 24.3 Å². The number of nitrogens with zero attached hydrogens (tertiary/aromatic N) is 1. The van der Waals surface area contributed by atoms with Gasteiger partial charge in [-0.15, -0.1) is 0 Å². The van der Waals surface area contributed by atoms with Gasteiger partial charge in [0.15, 0.2) is 0 Å². The van der Waals surface area contributed by atoms with E-state index in [-0.39, 0.29) is 11.4 Å². The Kier molecular flexibility index (Phi) is 4.18. The SMILES string of the molecule is N#Cc1ccc(C(=O)NCC2(N)CCCCC2)cc1. The molecular formula is C15H19N3O. The van der Waals surface area contributed by atoms with Gasteiger partial charge in [-0.1, -0.05) is 19.3 Å². The molecule has 0 spiro atoms. The fourth-order valence-electron chi connectivity index (χ4n) is 2.49. The standard InChI is InChI=1S/C15H19N3O/c16-10-12-4-6-13(7-5-12)14(19)18-11-15(17)8-2-1-3-9-15/h4-7H,1-3,8-9,11,17H2,(H,18,19). The highest BCUT2D eigenvalue weighted by molar-refractivity contribution is 5.94. The number of carbonyl (C=O) groups is 1. The molecule has 0 bridgehead atoms. The maximum Gasteiger partial charge on any atom is 0.251 e. The van der Waals surface area contributed by atoms with Crippen molar-refractivity contribution in [3.63, 3.8) is 0 Å². The highest BCUT2D eigenvalue weighted by atomic mass is 16.1. The van der Waals surface area contributed by atoms with Gasteiger partial charge in [0.2, 0.25) is 0 Å². The highest BCUT2D eigenvalue weighted by Gasteiger charge is 2.27. The van der Waals surface area contributed by atoms with Crippen molar-refractivity contribution in [2.24, 2.45) is 5.73 Å². The molecule has 4 heteroatoms. The molecule has 1 aliphatic carbocycles. The molecule has 0 atom stereocenters. The fraction of sp³-hybridized carbons (Fsp3) is 0.467. The molecule has 0 aliphatic heterocycles. The number of benzene rings is 1. The molecule has 1 aromatic carbocycles. The first-order chi connectivity index (χ1) is 9.13. The molecule has 3 N–H and O–H groups in total. The van der Waals surface area contributed by atoms with Gasteiger partial charge in [0.1, 0.15) is 0 Å². The maximum absolute atomic E-state index is 12.0. The lowest BCUT2D eigenvalue weighted by Gasteiger charge is -2.33. The van der Waals surface area contributed by atoms with Crippen LogP contribution in [0, 0.1) is 11.3 Å². The van der Waals surface area contributed by atoms with Crippen LogP contribution in [0.15, 0.2) is 24.3 Å². The topological polar surface area (TPSA) is 78.9 Å². The predicted octanol–water partition coefficient (Wildman–Crippen LogP) is 1.95. The molecule has 1 saturated carbocycles. The quantitative estimate of drug-likeness (QED) is 0.868. The molecule has 0 saturated heterocycles. The molecule has 1 aliphatic rings. The van der Waals surface area contributed by atoms with Crippen LogP contribution >= 0.6 is 0 Å². The lowest BCUT2D eigenvalue weighted by molar-refractivity contribution is 0.0937. The zero-order valence-electron chi connectivity index (χ0n) is 11.0. The molecule has 1 amide bonds. The van der Waals surface area contributed by atoms with Crippen LogP contribution in [0.5, 0.6) is 0 Å². The predicted molar refractivity (Wildman–Crippen MR) is 73.5 cm³/mol. The van der Waals surface area contributed by atoms with Crippen LogP contribution in [-0.2, 0) is 0 Å². The molecule has 1 aromatic rings. The molecule has 0 aromatic heterocycles. The van der Waals surface area contributed by atoms with Gasteiger partial charge in [-0.25, -0.2) is 0 Å². The van der Waals surface area contributed by atoms with E-state index in [1.807, 2.05) is 6.07 Å². The van der Waals surface area contributed by atoms with E-state index < -0.39 is 0 Å². The normalized spacial score (nSPS) is 17.5. The van der Waals surface area contributed by atoms with E-state index in [0.29, 0.717) is 17.7 Å². The number of rotatable bonds is 3. The van der Waals surface area contributed by atoms with Crippen LogP contribution in [-0.4, -0.2) is 18.0 Å². The van der Waals surface area contributed by atoms with Crippen molar-refractivity contribution in [3.8, 4) is 6.07 Å². The average molecular weight is 257 g/mol. The Hall–Kier alpha value is -1.86. The number of nitrogens with two attached hydrogens (primary N) is 1. The summed E-state index contributed by atoms with van der Waals surface area (Å²) in [4.78, 5) is 12.0. The summed E-state index contributed by atoms with van der Waals surface area (Å²) in [5, 5.41) is 11.6. The van der Waals surface area contributed by atoms with E-state index >= 15 is 0 Å². The van der Waals surface area contributed by atoms with Crippen molar-refractivity contribution in [1.29, 1.82) is 5.26 Å². The second-order valence-electron chi connectivity index (χ2n) is 5.29. The number of nitrogens with one attached hydrogen (secondary N) is 1. The summed E-state index contributed by atoms with van der Waals surface area (Å²) in [7, 11) is 0. The van der Waals surface area contributed by atoms with Gasteiger partial charge in [0.25, 0.3) is 5.91 Å². The third-order valence-corrected chi connectivity index (χ3v) is 3.73. The highest BCUT2D eigenvalue weighted by Crippen LogP contribution is 2.25. The summed E-state index contributed by atoms with van der Waals surface area (Å²) >= 11 is 0. The van der Waals surface area contributed by atoms with Crippen molar-refractivity contribution < 1.29 is 4.79 Å². The van der Waals surface area contributed by atoms with Gasteiger partial charge < -0.3 is 11.1 Å². The number of hydrogen-bond acceptors (Lipinski definition) is 3. The molecule has 4 nitrogen and oxygen atoms in total. The van der Waals surface area contributed by atoms with Crippen LogP contribution < -0.4 is 11.1 Å². The number of hydrogen-bond donors (Lipinski definition) is 2. The van der Waals surface area contributed by atoms with Gasteiger partial charge in [-0.3, -0.25) is 4.79 Å². The number of amides is 1. The van der Waals surface area contributed by atoms with Crippen LogP contribution in [0.1, 0.15) is 48.0 Å². The third kappa shape index (κ3) is 3.55. The minimum Gasteiger partial charge on any atom is -0.350 e. The van der Waals surface area contributed by atoms with E-state index in [2.05, 4.69) is 5.32 Å². The van der Waals surface area contributed by atoms with Crippen molar-refractivity contribution in [2.45, 2.75) is 37.6 Å². The van der Waals surface area contributed by atoms with Crippen LogP contribution in [0.25, 0.3) is 0 Å². The molecule has 0 heterocycles. The first kappa shape index (κ1) is 13.6. The summed E-state index contributed by atoms with van der Waals surface area (Å²) in [6.45, 7) is 0.520. The molecular weight excluding hydrogens is 238 g/mol. The Balaban J connectivity index is 1.91. The van der Waals surface area contributed by atoms with Gasteiger partial charge in [-0.2, -0.15) is 5.26 Å². The minimum atomic E-state index is -0.249. The lowest BCUT2D eigenvalue weighted by atomic mass is 9.82. The fourth-order valence-corrected chi connectivity index (χ4v) is 2.49. The summed E-state index contributed by atoms with van der Waals surface area (Å²) in [6, 6.07) is 8.65. The van der Waals surface area contributed by atoms with Crippen LogP contribution in [0.3, 0.4) is 0 Å². The smallest absolute Gasteiger partial charge is 0.251 e. The zero-order chi connectivity index (χ0) is 13.7. The van der Waals surface area contributed by atoms with Gasteiger partial charge in [0, 0.05) is 17.6 Å². The van der Waals surface area contributed by atoms with Crippen molar-refractivity contribution >= 4 is 5.91 Å². The maximum atomic E-state index is 12.0. The average Bonchev–Trinajstić information content (AvgIpc) is 2.46. The van der Waals surface area contributed by atoms with Gasteiger partial charge in [-0.05, 0) is 37.1 Å². The molecule has 100 valence electrons. The Morgan fingerprint density at radius 1 is 1.26 bits per heavy atom. The summed E-state index contributed by atoms with van der Waals surface area (Å²) in [6.07, 6.45) is 5.47. The minimum absolute atomic E-state index is 0.125. The van der Waals surface area contributed by atoms with Crippen LogP contribution in [0.4, 0.5) is 0 Å². The summed E-state index contributed by atoms with van der Waals surface area (Å²) in [5.74, 6) is -0.125. The first-order valence-corrected chi connectivity index (χ1v) is 6.70. The molecule has 2 rings (SSSR count). The van der Waals surface area contributed by atoms with Gasteiger partial charge >= 0.3 is 0 Å². The van der Waals surface area contributed by atoms with E-state index in [1.165, 1.54) is 6.42 Å². The van der Waals surface area contributed by atoms with Crippen molar-refractivity contribution in [3.05, 3.63) is 35.4 Å². The van der Waals surface area contributed by atoms with E-state index in [4.69, 9.17) is 11.0 Å². The second-order valence-corrected chi connectivity index (χ2v) is 5.29. The lowest BCUT2D eigenvalue weighted by Crippen LogP contribution is -2.51. The van der Waals surface area contributed by atoms with E-state index in [9.17, 15) is 4.79 Å². The van der Waals surface area contributed by atoms with Crippen LogP contribution in [0.2, 0.25) is 0 Å². The number of nitriles is 1. The number of carbonyl (C=O) groups excluding carboxylic acids is 1. The summed E-state index contributed by atoms with van der Waals surface area (Å²) in [5.41, 5.74) is 7.15. The molecule has 19 heavy (non-hydrogen) atoms. The van der Waals surface area contributed by atoms with E-state index in [0.717, 1.165) is 25.7 Å². The molecule has 0 radical (unpaired) electrons. The van der Waals surface area contributed by atoms with Crippen molar-refractivity contribution in [1.82, 2.24) is 5.32 Å².